The van der Waals surface area contributed by atoms with Crippen molar-refractivity contribution < 1.29 is 89.2 Å². The lowest BCUT2D eigenvalue weighted by Crippen LogP contribution is -2.52. The van der Waals surface area contributed by atoms with Crippen LogP contribution in [0.15, 0.2) is 46.6 Å². The minimum Gasteiger partial charge on any atom is -0.507 e. The molecule has 22 heteroatoms. The quantitative estimate of drug-likeness (QED) is 0.0619. The average molecular weight is 1020 g/mol. The van der Waals surface area contributed by atoms with Crippen LogP contribution in [0.5, 0.6) is 34.5 Å². The van der Waals surface area contributed by atoms with Crippen molar-refractivity contribution in [2.45, 2.75) is 139 Å². The molecule has 22 nitrogen and oxygen atoms in total. The zero-order valence-electron chi connectivity index (χ0n) is 40.3. The summed E-state index contributed by atoms with van der Waals surface area (Å²) in [5.74, 6) is -7.91. The first-order chi connectivity index (χ1) is 34.9. The summed E-state index contributed by atoms with van der Waals surface area (Å²) in [6, 6.07) is 5.90. The van der Waals surface area contributed by atoms with Crippen LogP contribution in [-0.2, 0) is 31.8 Å². The fraction of sp³-hybridized carbons (Fsp3) is 0.423. The number of ether oxygens (including phenoxy) is 4. The van der Waals surface area contributed by atoms with Gasteiger partial charge in [-0.25, -0.2) is 0 Å². The first-order valence-electron chi connectivity index (χ1n) is 23.9. The molecule has 0 bridgehead atoms. The topological polar surface area (TPSA) is 384 Å². The number of phenols is 6. The third kappa shape index (κ3) is 7.78. The van der Waals surface area contributed by atoms with Gasteiger partial charge in [-0.15, -0.1) is 0 Å². The van der Waals surface area contributed by atoms with E-state index in [-0.39, 0.29) is 57.6 Å². The summed E-state index contributed by atoms with van der Waals surface area (Å²) >= 11 is 0. The second-order valence-corrected chi connectivity index (χ2v) is 20.2. The van der Waals surface area contributed by atoms with E-state index >= 15 is 0 Å². The maximum atomic E-state index is 14.0. The van der Waals surface area contributed by atoms with Gasteiger partial charge in [0.15, 0.2) is 24.1 Å². The van der Waals surface area contributed by atoms with E-state index in [0.29, 0.717) is 0 Å². The summed E-state index contributed by atoms with van der Waals surface area (Å²) in [7, 11) is 0. The Labute approximate surface area is 420 Å². The highest BCUT2D eigenvalue weighted by molar-refractivity contribution is 6.32. The van der Waals surface area contributed by atoms with E-state index in [1.807, 2.05) is 0 Å². The van der Waals surface area contributed by atoms with Crippen LogP contribution in [0.3, 0.4) is 0 Å². The van der Waals surface area contributed by atoms with Gasteiger partial charge in [0.2, 0.25) is 11.6 Å². The smallest absolute Gasteiger partial charge is 0.202 e. The van der Waals surface area contributed by atoms with Crippen molar-refractivity contribution in [1.29, 1.82) is 0 Å². The lowest BCUT2D eigenvalue weighted by Gasteiger charge is -2.43. The molecule has 6 aliphatic rings. The van der Waals surface area contributed by atoms with Gasteiger partial charge in [0, 0.05) is 84.0 Å². The van der Waals surface area contributed by atoms with Gasteiger partial charge in [-0.3, -0.25) is 19.2 Å². The minimum atomic E-state index is -2.16. The number of rotatable bonds is 7. The van der Waals surface area contributed by atoms with Crippen molar-refractivity contribution in [3.05, 3.63) is 103 Å². The normalized spacial score (nSPS) is 31.8. The Bertz CT molecular complexity index is 2960. The first-order valence-corrected chi connectivity index (χ1v) is 23.9. The molecule has 0 saturated carbocycles. The number of hydrogen-bond acceptors (Lipinski definition) is 22. The number of fused-ring (bicyclic) bond motifs is 6. The van der Waals surface area contributed by atoms with Gasteiger partial charge in [-0.2, -0.15) is 10.2 Å². The number of hydrogen-bond donors (Lipinski definition) is 12. The van der Waals surface area contributed by atoms with Gasteiger partial charge >= 0.3 is 0 Å². The van der Waals surface area contributed by atoms with Gasteiger partial charge in [0.1, 0.15) is 45.7 Å². The van der Waals surface area contributed by atoms with Crippen LogP contribution < -0.4 is 11.5 Å². The van der Waals surface area contributed by atoms with E-state index in [9.17, 15) is 70.2 Å². The largest absolute Gasteiger partial charge is 0.507 e. The van der Waals surface area contributed by atoms with Crippen molar-refractivity contribution in [2.24, 2.45) is 21.7 Å². The van der Waals surface area contributed by atoms with Crippen molar-refractivity contribution in [2.75, 3.05) is 0 Å². The summed E-state index contributed by atoms with van der Waals surface area (Å²) in [5.41, 5.74) is 3.30. The molecule has 12 atom stereocenters. The zero-order valence-corrected chi connectivity index (χ0v) is 40.3. The van der Waals surface area contributed by atoms with Gasteiger partial charge < -0.3 is 81.5 Å². The third-order valence-electron chi connectivity index (χ3n) is 15.6. The molecule has 14 N–H and O–H groups in total. The van der Waals surface area contributed by atoms with Gasteiger partial charge in [0.25, 0.3) is 0 Å². The standard InChI is InChI=1S/C52H54N4O18/c1-17-41(59)25(53)11-31(71-17)73-29-15-51(69,13-23-35(29)49(67)39-37(45(23)63)43(61)21-7-5-9-27(57)33(21)47(39)65)19(3)55-56-20(4)52(70)14-24-36(30(16-52)74-32-12-26(54)42(60)18(2)72-32)50(68)40-38(46(24)64)44(62)22-8-6-10-28(58)34(22)48(40)66/h5-10,17-18,25-26,29-32,41-42,57-60,63-64,67-70H,11-16,53-54H2,1-4H3. The number of carbonyl (C=O) groups excluding carboxylic acids is 4. The van der Waals surface area contributed by atoms with Crippen LogP contribution in [0.25, 0.3) is 0 Å². The van der Waals surface area contributed by atoms with Crippen LogP contribution in [0, 0.1) is 0 Å². The predicted molar refractivity (Wildman–Crippen MR) is 256 cm³/mol. The van der Waals surface area contributed by atoms with Crippen LogP contribution >= 0.6 is 0 Å². The molecule has 0 aromatic heterocycles. The lowest BCUT2D eigenvalue weighted by molar-refractivity contribution is -0.246. The van der Waals surface area contributed by atoms with Crippen LogP contribution in [0.1, 0.15) is 152 Å². The van der Waals surface area contributed by atoms with Crippen molar-refractivity contribution in [1.82, 2.24) is 0 Å². The summed E-state index contributed by atoms with van der Waals surface area (Å²) < 4.78 is 24.5. The Morgan fingerprint density at radius 1 is 0.568 bits per heavy atom. The Balaban J connectivity index is 1.05. The van der Waals surface area contributed by atoms with Crippen LogP contribution in [0.4, 0.5) is 0 Å². The van der Waals surface area contributed by atoms with Crippen molar-refractivity contribution in [3.8, 4) is 34.5 Å². The maximum Gasteiger partial charge on any atom is 0.202 e. The van der Waals surface area contributed by atoms with E-state index in [1.54, 1.807) is 13.8 Å². The fourth-order valence-electron chi connectivity index (χ4n) is 11.4. The molecular formula is C52H54N4O18. The highest BCUT2D eigenvalue weighted by Crippen LogP contribution is 2.55. The molecule has 4 aromatic rings. The molecule has 2 saturated heterocycles. The van der Waals surface area contributed by atoms with E-state index in [2.05, 4.69) is 10.2 Å². The van der Waals surface area contributed by atoms with E-state index in [0.717, 1.165) is 0 Å². The van der Waals surface area contributed by atoms with E-state index < -0.39 is 189 Å². The Hall–Kier alpha value is -6.70. The van der Waals surface area contributed by atoms with Crippen LogP contribution in [0.2, 0.25) is 0 Å². The molecule has 10 rings (SSSR count). The fourth-order valence-corrected chi connectivity index (χ4v) is 11.4. The number of aliphatic hydroxyl groups excluding tert-OH is 2. The molecule has 2 heterocycles. The Kier molecular flexibility index (Phi) is 12.4. The zero-order chi connectivity index (χ0) is 53.4. The number of nitrogens with two attached hydrogens (primary N) is 2. The monoisotopic (exact) mass is 1020 g/mol. The molecule has 74 heavy (non-hydrogen) atoms. The molecular weight excluding hydrogens is 969 g/mol. The summed E-state index contributed by atoms with van der Waals surface area (Å²) in [6.45, 7) is 5.84. The second-order valence-electron chi connectivity index (χ2n) is 20.2. The predicted octanol–water partition coefficient (Wildman–Crippen LogP) is 2.12. The van der Waals surface area contributed by atoms with Gasteiger partial charge in [0.05, 0.1) is 81.4 Å². The Morgan fingerprint density at radius 3 is 1.27 bits per heavy atom. The van der Waals surface area contributed by atoms with Crippen LogP contribution in [-0.4, -0.2) is 146 Å². The molecule has 2 fully saturated rings. The number of carbonyl (C=O) groups is 4. The molecule has 4 aromatic carbocycles. The molecule has 4 aliphatic carbocycles. The molecule has 0 amide bonds. The number of ketones is 4. The first kappa shape index (κ1) is 50.8. The molecule has 12 unspecified atom stereocenters. The molecule has 2 aliphatic heterocycles. The SMILES string of the molecule is CC(=NN=C(C)C1(O)Cc2c(O)c3c(c(O)c2C(OC2CC(N)C(O)C(C)O2)C1)C(=O)c1c(O)cccc1C3=O)C1(O)Cc2c(O)c3c(c(O)c2C(OC2CC(N)C(O)C(C)O2)C1)C(=O)c1c(O)cccc1C3=O. The van der Waals surface area contributed by atoms with Gasteiger partial charge in [-0.05, 0) is 39.8 Å². The number of benzene rings is 4. The summed E-state index contributed by atoms with van der Waals surface area (Å²) in [6.07, 6.45) is -11.3. The van der Waals surface area contributed by atoms with Crippen molar-refractivity contribution >= 4 is 34.6 Å². The number of nitrogens with zero attached hydrogens (tertiary/aromatic N) is 2. The number of aromatic hydroxyl groups is 6. The highest BCUT2D eigenvalue weighted by atomic mass is 16.7. The van der Waals surface area contributed by atoms with E-state index in [4.69, 9.17) is 30.4 Å². The lowest BCUT2D eigenvalue weighted by atomic mass is 9.71. The average Bonchev–Trinajstić information content (AvgIpc) is 3.34. The highest BCUT2D eigenvalue weighted by Gasteiger charge is 2.52. The Morgan fingerprint density at radius 2 is 0.919 bits per heavy atom. The van der Waals surface area contributed by atoms with Gasteiger partial charge in [-0.1, -0.05) is 24.3 Å². The third-order valence-corrected chi connectivity index (χ3v) is 15.6. The molecule has 0 spiro atoms. The summed E-state index contributed by atoms with van der Waals surface area (Å²) in [5, 5.41) is 124. The van der Waals surface area contributed by atoms with E-state index in [1.165, 1.54) is 50.2 Å². The van der Waals surface area contributed by atoms with Crippen molar-refractivity contribution in [3.63, 3.8) is 0 Å². The maximum absolute atomic E-state index is 14.0. The number of phenolic OH excluding ortho intramolecular Hbond substituents is 6. The molecule has 390 valence electrons. The number of aliphatic hydroxyl groups is 4. The minimum absolute atomic E-state index is 0.0762. The second kappa shape index (κ2) is 18.0. The summed E-state index contributed by atoms with van der Waals surface area (Å²) in [4.78, 5) is 56.1. The molecule has 0 radical (unpaired) electrons.